The molecule has 0 saturated carbocycles. The van der Waals surface area contributed by atoms with Crippen LogP contribution in [0.15, 0.2) is 91.0 Å². The van der Waals surface area contributed by atoms with Crippen molar-refractivity contribution < 1.29 is 19.2 Å². The quantitative estimate of drug-likeness (QED) is 0.309. The van der Waals surface area contributed by atoms with Gasteiger partial charge in [-0.05, 0) is 80.1 Å². The fraction of sp³-hybridized carbons (Fsp3) is 0.263. The average Bonchev–Trinajstić information content (AvgIpc) is 3.21. The highest BCUT2D eigenvalue weighted by Crippen LogP contribution is 2.35. The van der Waals surface area contributed by atoms with Crippen LogP contribution in [0.2, 0.25) is 0 Å². The van der Waals surface area contributed by atoms with Gasteiger partial charge in [0.1, 0.15) is 6.54 Å². The number of anilines is 3. The van der Waals surface area contributed by atoms with Crippen molar-refractivity contribution in [2.45, 2.75) is 20.3 Å². The Morgan fingerprint density at radius 1 is 0.745 bits per heavy atom. The summed E-state index contributed by atoms with van der Waals surface area (Å²) in [6.45, 7) is 6.91. The van der Waals surface area contributed by atoms with Gasteiger partial charge in [-0.25, -0.2) is 0 Å². The van der Waals surface area contributed by atoms with Crippen LogP contribution in [0.25, 0.3) is 11.1 Å². The Hall–Kier alpha value is -5.28. The molecular formula is C38H39N5O4. The maximum Gasteiger partial charge on any atom is 0.258 e. The molecule has 1 fully saturated rings. The fourth-order valence-corrected chi connectivity index (χ4v) is 6.07. The van der Waals surface area contributed by atoms with Crippen molar-refractivity contribution in [3.05, 3.63) is 113 Å². The largest absolute Gasteiger partial charge is 0.339 e. The van der Waals surface area contributed by atoms with Crippen LogP contribution in [-0.4, -0.2) is 79.7 Å². The standard InChI is InChI=1S/C38H39N5O4/c1-26-8-11-28(12-9-26)31-6-4-5-7-32(31)37(46)39-30-15-13-29(14-16-30)38(47)42-19-18-35(44)43(33-17-10-27(2)24-34(33)42)25-36(45)41-22-20-40(3)21-23-41/h4-17,24H,18-23,25H2,1-3H3,(H,39,46). The summed E-state index contributed by atoms with van der Waals surface area (Å²) >= 11 is 0. The molecule has 4 aromatic carbocycles. The maximum atomic E-state index is 13.9. The third-order valence-electron chi connectivity index (χ3n) is 8.88. The summed E-state index contributed by atoms with van der Waals surface area (Å²) < 4.78 is 0. The molecule has 1 saturated heterocycles. The van der Waals surface area contributed by atoms with E-state index >= 15 is 0 Å². The van der Waals surface area contributed by atoms with Gasteiger partial charge in [-0.2, -0.15) is 0 Å². The predicted molar refractivity (Wildman–Crippen MR) is 185 cm³/mol. The van der Waals surface area contributed by atoms with Gasteiger partial charge in [-0.15, -0.1) is 0 Å². The first-order chi connectivity index (χ1) is 22.7. The number of amides is 4. The Labute approximate surface area is 275 Å². The second-order valence-electron chi connectivity index (χ2n) is 12.3. The zero-order valence-electron chi connectivity index (χ0n) is 27.0. The Balaban J connectivity index is 1.20. The first-order valence-corrected chi connectivity index (χ1v) is 15.9. The van der Waals surface area contributed by atoms with Crippen LogP contribution in [-0.2, 0) is 9.59 Å². The van der Waals surface area contributed by atoms with E-state index in [1.807, 2.05) is 81.6 Å². The van der Waals surface area contributed by atoms with E-state index < -0.39 is 0 Å². The van der Waals surface area contributed by atoms with E-state index in [0.717, 1.165) is 35.3 Å². The maximum absolute atomic E-state index is 13.9. The number of hydrogen-bond acceptors (Lipinski definition) is 5. The molecule has 9 heteroatoms. The molecular weight excluding hydrogens is 590 g/mol. The number of fused-ring (bicyclic) bond motifs is 1. The molecule has 0 aliphatic carbocycles. The van der Waals surface area contributed by atoms with Crippen LogP contribution in [0.5, 0.6) is 0 Å². The number of nitrogens with zero attached hydrogens (tertiary/aromatic N) is 4. The molecule has 0 radical (unpaired) electrons. The molecule has 0 atom stereocenters. The minimum Gasteiger partial charge on any atom is -0.339 e. The number of nitrogens with one attached hydrogen (secondary N) is 1. The van der Waals surface area contributed by atoms with Crippen LogP contribution in [0.4, 0.5) is 17.1 Å². The van der Waals surface area contributed by atoms with E-state index in [-0.39, 0.29) is 43.1 Å². The lowest BCUT2D eigenvalue weighted by molar-refractivity contribution is -0.132. The summed E-state index contributed by atoms with van der Waals surface area (Å²) in [6, 6.07) is 27.9. The fourth-order valence-electron chi connectivity index (χ4n) is 6.07. The number of likely N-dealkylation sites (N-methyl/N-ethyl adjacent to an activating group) is 1. The van der Waals surface area contributed by atoms with Crippen molar-refractivity contribution in [1.82, 2.24) is 9.80 Å². The predicted octanol–water partition coefficient (Wildman–Crippen LogP) is 5.38. The molecule has 47 heavy (non-hydrogen) atoms. The topological polar surface area (TPSA) is 93.3 Å². The zero-order valence-corrected chi connectivity index (χ0v) is 27.0. The third-order valence-corrected chi connectivity index (χ3v) is 8.88. The lowest BCUT2D eigenvalue weighted by Crippen LogP contribution is -2.50. The highest BCUT2D eigenvalue weighted by molar-refractivity contribution is 6.13. The van der Waals surface area contributed by atoms with Crippen LogP contribution in [0, 0.1) is 13.8 Å². The van der Waals surface area contributed by atoms with Gasteiger partial charge in [0.05, 0.1) is 11.4 Å². The number of carbonyl (C=O) groups is 4. The minimum absolute atomic E-state index is 0.0674. The summed E-state index contributed by atoms with van der Waals surface area (Å²) in [5.41, 5.74) is 6.54. The van der Waals surface area contributed by atoms with Crippen LogP contribution < -0.4 is 15.1 Å². The van der Waals surface area contributed by atoms with Crippen molar-refractivity contribution in [2.75, 3.05) is 61.4 Å². The SMILES string of the molecule is Cc1ccc(-c2ccccc2C(=O)Nc2ccc(C(=O)N3CCC(=O)N(CC(=O)N4CCN(C)CC4)c4ccc(C)cc43)cc2)cc1. The Morgan fingerprint density at radius 2 is 1.43 bits per heavy atom. The molecule has 6 rings (SSSR count). The minimum atomic E-state index is -0.264. The summed E-state index contributed by atoms with van der Waals surface area (Å²) in [6.07, 6.45) is 0.0873. The van der Waals surface area contributed by atoms with Gasteiger partial charge in [-0.3, -0.25) is 19.2 Å². The molecule has 0 spiro atoms. The lowest BCUT2D eigenvalue weighted by Gasteiger charge is -2.34. The van der Waals surface area contributed by atoms with E-state index in [1.54, 1.807) is 40.1 Å². The highest BCUT2D eigenvalue weighted by Gasteiger charge is 2.32. The zero-order chi connectivity index (χ0) is 33.1. The molecule has 4 amide bonds. The summed E-state index contributed by atoms with van der Waals surface area (Å²) in [4.78, 5) is 61.1. The third kappa shape index (κ3) is 6.95. The van der Waals surface area contributed by atoms with Crippen LogP contribution in [0.1, 0.15) is 38.3 Å². The normalized spacial score (nSPS) is 15.2. The molecule has 9 nitrogen and oxygen atoms in total. The average molecular weight is 630 g/mol. The molecule has 2 aliphatic heterocycles. The second kappa shape index (κ2) is 13.6. The summed E-state index contributed by atoms with van der Waals surface area (Å²) in [5, 5.41) is 2.96. The van der Waals surface area contributed by atoms with Crippen molar-refractivity contribution in [2.24, 2.45) is 0 Å². The van der Waals surface area contributed by atoms with Crippen molar-refractivity contribution in [3.8, 4) is 11.1 Å². The number of hydrogen-bond donors (Lipinski definition) is 1. The van der Waals surface area contributed by atoms with Crippen molar-refractivity contribution in [3.63, 3.8) is 0 Å². The van der Waals surface area contributed by atoms with Crippen LogP contribution in [0.3, 0.4) is 0 Å². The molecule has 2 heterocycles. The number of carbonyl (C=O) groups excluding carboxylic acids is 4. The smallest absolute Gasteiger partial charge is 0.258 e. The number of benzene rings is 4. The van der Waals surface area contributed by atoms with E-state index in [9.17, 15) is 19.2 Å². The van der Waals surface area contributed by atoms with Gasteiger partial charge in [-0.1, -0.05) is 54.1 Å². The molecule has 0 bridgehead atoms. The second-order valence-corrected chi connectivity index (χ2v) is 12.3. The molecule has 0 aromatic heterocycles. The summed E-state index contributed by atoms with van der Waals surface area (Å²) in [5.74, 6) is -0.810. The van der Waals surface area contributed by atoms with Crippen molar-refractivity contribution >= 4 is 40.7 Å². The Bertz CT molecular complexity index is 1810. The highest BCUT2D eigenvalue weighted by atomic mass is 16.2. The lowest BCUT2D eigenvalue weighted by atomic mass is 9.98. The number of rotatable bonds is 6. The van der Waals surface area contributed by atoms with Crippen LogP contribution >= 0.6 is 0 Å². The number of piperazine rings is 1. The van der Waals surface area contributed by atoms with Gasteiger partial charge >= 0.3 is 0 Å². The van der Waals surface area contributed by atoms with E-state index in [0.29, 0.717) is 41.3 Å². The molecule has 240 valence electrons. The van der Waals surface area contributed by atoms with Gasteiger partial charge in [0.15, 0.2) is 0 Å². The molecule has 4 aromatic rings. The Kier molecular flexibility index (Phi) is 9.17. The first kappa shape index (κ1) is 31.7. The Morgan fingerprint density at radius 3 is 2.15 bits per heavy atom. The van der Waals surface area contributed by atoms with Gasteiger partial charge < -0.3 is 24.9 Å². The van der Waals surface area contributed by atoms with Gasteiger partial charge in [0.25, 0.3) is 11.8 Å². The molecule has 2 aliphatic rings. The van der Waals surface area contributed by atoms with E-state index in [4.69, 9.17) is 0 Å². The molecule has 1 N–H and O–H groups in total. The van der Waals surface area contributed by atoms with Gasteiger partial charge in [0, 0.05) is 56.0 Å². The monoisotopic (exact) mass is 629 g/mol. The van der Waals surface area contributed by atoms with E-state index in [1.165, 1.54) is 4.90 Å². The van der Waals surface area contributed by atoms with Gasteiger partial charge in [0.2, 0.25) is 11.8 Å². The molecule has 0 unspecified atom stereocenters. The first-order valence-electron chi connectivity index (χ1n) is 15.9. The van der Waals surface area contributed by atoms with E-state index in [2.05, 4.69) is 10.2 Å². The summed E-state index contributed by atoms with van der Waals surface area (Å²) in [7, 11) is 2.03. The number of aryl methyl sites for hydroxylation is 2. The van der Waals surface area contributed by atoms with Crippen molar-refractivity contribution in [1.29, 1.82) is 0 Å².